The van der Waals surface area contributed by atoms with Crippen molar-refractivity contribution >= 4 is 45.4 Å². The van der Waals surface area contributed by atoms with Crippen molar-refractivity contribution in [3.8, 4) is 5.75 Å². The summed E-state index contributed by atoms with van der Waals surface area (Å²) in [6.07, 6.45) is 0.837. The van der Waals surface area contributed by atoms with Crippen LogP contribution in [0.1, 0.15) is 31.7 Å². The summed E-state index contributed by atoms with van der Waals surface area (Å²) in [7, 11) is 0. The number of nitrogens with zero attached hydrogens (tertiary/aromatic N) is 1. The van der Waals surface area contributed by atoms with E-state index in [1.165, 1.54) is 15.9 Å². The Bertz CT molecular complexity index is 1100. The molecule has 3 rings (SSSR count). The maximum atomic E-state index is 12.9. The number of aromatic amines is 1. The molecule has 0 spiro atoms. The van der Waals surface area contributed by atoms with Crippen molar-refractivity contribution in [1.82, 2.24) is 9.55 Å². The zero-order valence-corrected chi connectivity index (χ0v) is 17.0. The van der Waals surface area contributed by atoms with Crippen molar-refractivity contribution in [2.45, 2.75) is 33.2 Å². The van der Waals surface area contributed by atoms with Gasteiger partial charge in [-0.3, -0.25) is 14.2 Å². The van der Waals surface area contributed by atoms with Crippen molar-refractivity contribution in [2.75, 3.05) is 11.9 Å². The SMILES string of the molecule is CCOc1ccccc1NC(=O)C(C)n1c(=S)[nH]c2sc(CC)cc2c1=O. The number of hydrogen-bond acceptors (Lipinski definition) is 5. The van der Waals surface area contributed by atoms with Crippen LogP contribution in [0.25, 0.3) is 10.2 Å². The average molecular weight is 404 g/mol. The predicted octanol–water partition coefficient (Wildman–Crippen LogP) is 4.28. The van der Waals surface area contributed by atoms with Crippen LogP contribution in [0.15, 0.2) is 35.1 Å². The maximum Gasteiger partial charge on any atom is 0.263 e. The molecule has 0 saturated carbocycles. The normalized spacial score (nSPS) is 12.1. The quantitative estimate of drug-likeness (QED) is 0.602. The number of H-pyrrole nitrogens is 1. The standard InChI is InChI=1S/C19H21N3O3S2/c1-4-12-10-13-17(27-12)21-19(26)22(18(13)24)11(3)16(23)20-14-8-6-7-9-15(14)25-5-2/h6-11H,4-5H2,1-3H3,(H,20,23)(H,21,26). The molecular weight excluding hydrogens is 382 g/mol. The van der Waals surface area contributed by atoms with Crippen LogP contribution < -0.4 is 15.6 Å². The molecule has 2 heterocycles. The third kappa shape index (κ3) is 3.81. The van der Waals surface area contributed by atoms with Gasteiger partial charge in [-0.25, -0.2) is 0 Å². The fourth-order valence-electron chi connectivity index (χ4n) is 2.80. The van der Waals surface area contributed by atoms with Gasteiger partial charge >= 0.3 is 0 Å². The van der Waals surface area contributed by atoms with Gasteiger partial charge in [-0.05, 0) is 50.7 Å². The van der Waals surface area contributed by atoms with E-state index in [1.54, 1.807) is 19.1 Å². The van der Waals surface area contributed by atoms with Gasteiger partial charge in [-0.1, -0.05) is 19.1 Å². The lowest BCUT2D eigenvalue weighted by molar-refractivity contribution is -0.118. The lowest BCUT2D eigenvalue weighted by Crippen LogP contribution is -2.32. The molecule has 6 nitrogen and oxygen atoms in total. The largest absolute Gasteiger partial charge is 0.492 e. The van der Waals surface area contributed by atoms with E-state index in [9.17, 15) is 9.59 Å². The highest BCUT2D eigenvalue weighted by Gasteiger charge is 2.21. The van der Waals surface area contributed by atoms with Crippen LogP contribution in [0.4, 0.5) is 5.69 Å². The number of nitrogens with one attached hydrogen (secondary N) is 2. The van der Waals surface area contributed by atoms with Gasteiger partial charge in [0, 0.05) is 4.88 Å². The third-order valence-electron chi connectivity index (χ3n) is 4.23. The zero-order valence-electron chi connectivity index (χ0n) is 15.4. The lowest BCUT2D eigenvalue weighted by atomic mass is 10.2. The van der Waals surface area contributed by atoms with Gasteiger partial charge in [-0.2, -0.15) is 0 Å². The number of carbonyl (C=O) groups excluding carboxylic acids is 1. The van der Waals surface area contributed by atoms with Crippen LogP contribution >= 0.6 is 23.6 Å². The highest BCUT2D eigenvalue weighted by molar-refractivity contribution is 7.71. The first-order valence-electron chi connectivity index (χ1n) is 8.76. The number of benzene rings is 1. The van der Waals surface area contributed by atoms with Gasteiger partial charge < -0.3 is 15.0 Å². The second kappa shape index (κ2) is 8.06. The van der Waals surface area contributed by atoms with E-state index in [4.69, 9.17) is 17.0 Å². The summed E-state index contributed by atoms with van der Waals surface area (Å²) in [4.78, 5) is 30.6. The number of carbonyl (C=O) groups is 1. The fraction of sp³-hybridized carbons (Fsp3) is 0.316. The van der Waals surface area contributed by atoms with E-state index in [2.05, 4.69) is 10.3 Å². The number of fused-ring (bicyclic) bond motifs is 1. The van der Waals surface area contributed by atoms with Gasteiger partial charge in [-0.15, -0.1) is 11.3 Å². The molecule has 27 heavy (non-hydrogen) atoms. The number of hydrogen-bond donors (Lipinski definition) is 2. The zero-order chi connectivity index (χ0) is 19.6. The van der Waals surface area contributed by atoms with E-state index in [1.807, 2.05) is 32.0 Å². The van der Waals surface area contributed by atoms with Crippen molar-refractivity contribution in [3.05, 3.63) is 50.3 Å². The minimum atomic E-state index is -0.773. The van der Waals surface area contributed by atoms with E-state index < -0.39 is 6.04 Å². The molecule has 1 amide bonds. The smallest absolute Gasteiger partial charge is 0.263 e. The molecule has 1 aromatic carbocycles. The number of anilines is 1. The Labute approximate surface area is 165 Å². The van der Waals surface area contributed by atoms with Gasteiger partial charge in [0.15, 0.2) is 4.77 Å². The molecule has 3 aromatic rings. The molecule has 0 radical (unpaired) electrons. The number of para-hydroxylation sites is 2. The van der Waals surface area contributed by atoms with Gasteiger partial charge in [0.2, 0.25) is 5.91 Å². The molecule has 142 valence electrons. The number of rotatable bonds is 6. The van der Waals surface area contributed by atoms with E-state index in [0.717, 1.165) is 16.1 Å². The highest BCUT2D eigenvalue weighted by atomic mass is 32.1. The Kier molecular flexibility index (Phi) is 5.76. The number of ether oxygens (including phenoxy) is 1. The van der Waals surface area contributed by atoms with E-state index in [0.29, 0.717) is 23.4 Å². The first kappa shape index (κ1) is 19.3. The summed E-state index contributed by atoms with van der Waals surface area (Å²) in [5.74, 6) is 0.243. The summed E-state index contributed by atoms with van der Waals surface area (Å²) >= 11 is 6.86. The first-order chi connectivity index (χ1) is 13.0. The van der Waals surface area contributed by atoms with Crippen molar-refractivity contribution in [1.29, 1.82) is 0 Å². The summed E-state index contributed by atoms with van der Waals surface area (Å²) in [5, 5.41) is 3.39. The molecule has 0 aliphatic rings. The van der Waals surface area contributed by atoms with Crippen molar-refractivity contribution in [2.24, 2.45) is 0 Å². The molecule has 0 bridgehead atoms. The maximum absolute atomic E-state index is 12.9. The van der Waals surface area contributed by atoms with Gasteiger partial charge in [0.25, 0.3) is 5.56 Å². The summed E-state index contributed by atoms with van der Waals surface area (Å²) in [5.41, 5.74) is 0.300. The van der Waals surface area contributed by atoms with Gasteiger partial charge in [0.1, 0.15) is 16.6 Å². The van der Waals surface area contributed by atoms with Crippen LogP contribution in [0.3, 0.4) is 0 Å². The lowest BCUT2D eigenvalue weighted by Gasteiger charge is -2.17. The molecule has 8 heteroatoms. The van der Waals surface area contributed by atoms with Crippen molar-refractivity contribution < 1.29 is 9.53 Å². The summed E-state index contributed by atoms with van der Waals surface area (Å²) in [6, 6.07) is 8.27. The van der Waals surface area contributed by atoms with Crippen molar-refractivity contribution in [3.63, 3.8) is 0 Å². The molecule has 1 atom stereocenters. The Morgan fingerprint density at radius 3 is 2.81 bits per heavy atom. The highest BCUT2D eigenvalue weighted by Crippen LogP contribution is 2.25. The second-order valence-corrected chi connectivity index (χ2v) is 7.53. The van der Waals surface area contributed by atoms with Crippen LogP contribution in [-0.2, 0) is 11.2 Å². The molecule has 2 N–H and O–H groups in total. The predicted molar refractivity (Wildman–Crippen MR) is 112 cm³/mol. The van der Waals surface area contributed by atoms with Crippen LogP contribution in [0.5, 0.6) is 5.75 Å². The number of aryl methyl sites for hydroxylation is 1. The second-order valence-electron chi connectivity index (χ2n) is 6.01. The molecular formula is C19H21N3O3S2. The van der Waals surface area contributed by atoms with E-state index >= 15 is 0 Å². The third-order valence-corrected chi connectivity index (χ3v) is 5.73. The molecule has 0 aliphatic carbocycles. The Balaban J connectivity index is 1.96. The molecule has 1 unspecified atom stereocenters. The molecule has 0 saturated heterocycles. The Morgan fingerprint density at radius 1 is 1.37 bits per heavy atom. The number of thiophene rings is 1. The van der Waals surface area contributed by atoms with Crippen LogP contribution in [0, 0.1) is 4.77 Å². The van der Waals surface area contributed by atoms with E-state index in [-0.39, 0.29) is 16.2 Å². The monoisotopic (exact) mass is 403 g/mol. The Hall–Kier alpha value is -2.45. The summed E-state index contributed by atoms with van der Waals surface area (Å²) < 4.78 is 7.09. The summed E-state index contributed by atoms with van der Waals surface area (Å²) in [6.45, 7) is 6.05. The van der Waals surface area contributed by atoms with Crippen LogP contribution in [0.2, 0.25) is 0 Å². The number of aromatic nitrogens is 2. The fourth-order valence-corrected chi connectivity index (χ4v) is 4.20. The molecule has 2 aromatic heterocycles. The Morgan fingerprint density at radius 2 is 2.11 bits per heavy atom. The molecule has 0 fully saturated rings. The number of amides is 1. The van der Waals surface area contributed by atoms with Crippen LogP contribution in [-0.4, -0.2) is 22.1 Å². The minimum absolute atomic E-state index is 0.234. The first-order valence-corrected chi connectivity index (χ1v) is 9.98. The topological polar surface area (TPSA) is 76.1 Å². The molecule has 0 aliphatic heterocycles. The van der Waals surface area contributed by atoms with Gasteiger partial charge in [0.05, 0.1) is 17.7 Å². The minimum Gasteiger partial charge on any atom is -0.492 e. The average Bonchev–Trinajstić information content (AvgIpc) is 3.06.